The predicted octanol–water partition coefficient (Wildman–Crippen LogP) is 4.15. The first-order valence-electron chi connectivity index (χ1n) is 11.3. The summed E-state index contributed by atoms with van der Waals surface area (Å²) in [4.78, 5) is 15.4. The fraction of sp³-hybridized carbons (Fsp3) is 0.385. The first-order valence-corrected chi connectivity index (χ1v) is 11.3. The summed E-state index contributed by atoms with van der Waals surface area (Å²) in [5.74, 6) is 0.772. The molecule has 32 heavy (non-hydrogen) atoms. The van der Waals surface area contributed by atoms with Crippen molar-refractivity contribution in [1.82, 2.24) is 14.7 Å². The molecule has 3 heterocycles. The number of rotatable bonds is 6. The highest BCUT2D eigenvalue weighted by molar-refractivity contribution is 6.00. The maximum absolute atomic E-state index is 13.5. The Bertz CT molecular complexity index is 1110. The minimum absolute atomic E-state index is 0.0497. The van der Waals surface area contributed by atoms with E-state index in [2.05, 4.69) is 41.5 Å². The molecule has 6 heteroatoms. The molecule has 1 aromatic heterocycles. The van der Waals surface area contributed by atoms with Crippen LogP contribution in [0.2, 0.25) is 0 Å². The molecule has 2 aromatic carbocycles. The topological polar surface area (TPSA) is 56.6 Å². The standard InChI is InChI=1S/C26H29N3O3/c1-18-5-8-21-11-12-29(26(30)24(21)25(18)32-17-23-4-3-13-31-23)15-19-6-9-20(10-7-19)22-14-27-28(2)16-22/h5-10,14,16,23H,3-4,11-13,15,17H2,1-2H3. The van der Waals surface area contributed by atoms with E-state index in [1.807, 2.05) is 31.3 Å². The molecule has 0 spiro atoms. The zero-order valence-electron chi connectivity index (χ0n) is 18.7. The van der Waals surface area contributed by atoms with Crippen LogP contribution in [-0.4, -0.2) is 46.5 Å². The summed E-state index contributed by atoms with van der Waals surface area (Å²) in [7, 11) is 1.91. The molecule has 1 fully saturated rings. The van der Waals surface area contributed by atoms with Crippen molar-refractivity contribution in [3.8, 4) is 16.9 Å². The van der Waals surface area contributed by atoms with E-state index in [1.165, 1.54) is 0 Å². The number of ether oxygens (including phenoxy) is 2. The summed E-state index contributed by atoms with van der Waals surface area (Å²) in [6, 6.07) is 12.5. The van der Waals surface area contributed by atoms with E-state index in [4.69, 9.17) is 9.47 Å². The van der Waals surface area contributed by atoms with E-state index in [1.54, 1.807) is 4.68 Å². The van der Waals surface area contributed by atoms with E-state index < -0.39 is 0 Å². The van der Waals surface area contributed by atoms with Gasteiger partial charge in [-0.25, -0.2) is 0 Å². The number of aromatic nitrogens is 2. The molecule has 3 aromatic rings. The molecule has 1 amide bonds. The summed E-state index contributed by atoms with van der Waals surface area (Å²) in [6.07, 6.45) is 6.92. The predicted molar refractivity (Wildman–Crippen MR) is 123 cm³/mol. The quantitative estimate of drug-likeness (QED) is 0.588. The van der Waals surface area contributed by atoms with Gasteiger partial charge in [-0.1, -0.05) is 36.4 Å². The Hall–Kier alpha value is -3.12. The Morgan fingerprint density at radius 1 is 1.16 bits per heavy atom. The summed E-state index contributed by atoms with van der Waals surface area (Å²) in [5, 5.41) is 4.24. The lowest BCUT2D eigenvalue weighted by Crippen LogP contribution is -2.37. The molecule has 0 N–H and O–H groups in total. The largest absolute Gasteiger partial charge is 0.490 e. The molecule has 0 aliphatic carbocycles. The van der Waals surface area contributed by atoms with Gasteiger partial charge in [-0.3, -0.25) is 9.48 Å². The molecule has 5 rings (SSSR count). The molecule has 0 saturated carbocycles. The normalized spacial score (nSPS) is 18.1. The highest BCUT2D eigenvalue weighted by atomic mass is 16.5. The number of carbonyl (C=O) groups excluding carboxylic acids is 1. The van der Waals surface area contributed by atoms with Crippen LogP contribution in [0.1, 0.15) is 39.9 Å². The molecule has 6 nitrogen and oxygen atoms in total. The summed E-state index contributed by atoms with van der Waals surface area (Å²) in [6.45, 7) is 4.61. The number of carbonyl (C=O) groups is 1. The van der Waals surface area contributed by atoms with Crippen LogP contribution in [0.3, 0.4) is 0 Å². The van der Waals surface area contributed by atoms with Crippen LogP contribution in [-0.2, 0) is 24.8 Å². The van der Waals surface area contributed by atoms with Crippen molar-refractivity contribution in [1.29, 1.82) is 0 Å². The van der Waals surface area contributed by atoms with Crippen LogP contribution in [0, 0.1) is 6.92 Å². The van der Waals surface area contributed by atoms with Crippen molar-refractivity contribution in [2.24, 2.45) is 7.05 Å². The molecule has 2 aliphatic rings. The van der Waals surface area contributed by atoms with Gasteiger partial charge in [-0.05, 0) is 48.4 Å². The van der Waals surface area contributed by atoms with Crippen LogP contribution >= 0.6 is 0 Å². The Balaban J connectivity index is 1.33. The van der Waals surface area contributed by atoms with Gasteiger partial charge in [-0.15, -0.1) is 0 Å². The van der Waals surface area contributed by atoms with Gasteiger partial charge < -0.3 is 14.4 Å². The van der Waals surface area contributed by atoms with Crippen molar-refractivity contribution in [3.05, 3.63) is 71.0 Å². The Morgan fingerprint density at radius 3 is 2.72 bits per heavy atom. The SMILES string of the molecule is Cc1ccc2c(c1OCC1CCCO1)C(=O)N(Cc1ccc(-c3cnn(C)c3)cc1)CC2. The van der Waals surface area contributed by atoms with Gasteiger partial charge in [0.05, 0.1) is 17.9 Å². The number of hydrogen-bond donors (Lipinski definition) is 0. The molecule has 1 atom stereocenters. The van der Waals surface area contributed by atoms with Crippen molar-refractivity contribution in [2.75, 3.05) is 19.8 Å². The van der Waals surface area contributed by atoms with Gasteiger partial charge in [0.2, 0.25) is 0 Å². The number of benzene rings is 2. The minimum Gasteiger partial charge on any atom is -0.490 e. The van der Waals surface area contributed by atoms with Gasteiger partial charge >= 0.3 is 0 Å². The number of fused-ring (bicyclic) bond motifs is 1. The van der Waals surface area contributed by atoms with Crippen LogP contribution in [0.5, 0.6) is 5.75 Å². The molecule has 1 unspecified atom stereocenters. The Labute approximate surface area is 188 Å². The second-order valence-corrected chi connectivity index (χ2v) is 8.77. The van der Waals surface area contributed by atoms with E-state index >= 15 is 0 Å². The van der Waals surface area contributed by atoms with Crippen molar-refractivity contribution in [2.45, 2.75) is 38.8 Å². The monoisotopic (exact) mass is 431 g/mol. The fourth-order valence-corrected chi connectivity index (χ4v) is 4.57. The molecule has 0 radical (unpaired) electrons. The summed E-state index contributed by atoms with van der Waals surface area (Å²) < 4.78 is 13.7. The van der Waals surface area contributed by atoms with Gasteiger partial charge in [0, 0.05) is 38.5 Å². The van der Waals surface area contributed by atoms with Gasteiger partial charge in [0.25, 0.3) is 5.91 Å². The van der Waals surface area contributed by atoms with Gasteiger partial charge in [0.1, 0.15) is 12.4 Å². The van der Waals surface area contributed by atoms with Crippen molar-refractivity contribution < 1.29 is 14.3 Å². The lowest BCUT2D eigenvalue weighted by Gasteiger charge is -2.30. The molecular weight excluding hydrogens is 402 g/mol. The van der Waals surface area contributed by atoms with Crippen LogP contribution in [0.25, 0.3) is 11.1 Å². The van der Waals surface area contributed by atoms with E-state index in [9.17, 15) is 4.79 Å². The summed E-state index contributed by atoms with van der Waals surface area (Å²) in [5.41, 5.74) is 6.12. The number of aryl methyl sites for hydroxylation is 2. The van der Waals surface area contributed by atoms with Crippen molar-refractivity contribution >= 4 is 5.91 Å². The first kappa shape index (κ1) is 20.8. The fourth-order valence-electron chi connectivity index (χ4n) is 4.57. The van der Waals surface area contributed by atoms with Crippen molar-refractivity contribution in [3.63, 3.8) is 0 Å². The Kier molecular flexibility index (Phi) is 5.70. The minimum atomic E-state index is 0.0497. The number of hydrogen-bond acceptors (Lipinski definition) is 4. The van der Waals surface area contributed by atoms with E-state index in [0.29, 0.717) is 19.7 Å². The smallest absolute Gasteiger partial charge is 0.258 e. The average Bonchev–Trinajstić information content (AvgIpc) is 3.47. The lowest BCUT2D eigenvalue weighted by atomic mass is 9.95. The highest BCUT2D eigenvalue weighted by Crippen LogP contribution is 2.33. The Morgan fingerprint density at radius 2 is 2.00 bits per heavy atom. The first-order chi connectivity index (χ1) is 15.6. The maximum atomic E-state index is 13.5. The average molecular weight is 432 g/mol. The second-order valence-electron chi connectivity index (χ2n) is 8.77. The lowest BCUT2D eigenvalue weighted by molar-refractivity contribution is 0.0636. The van der Waals surface area contributed by atoms with Gasteiger partial charge in [0.15, 0.2) is 0 Å². The molecule has 0 bridgehead atoms. The molecule has 166 valence electrons. The molecule has 1 saturated heterocycles. The molecule has 2 aliphatic heterocycles. The second kappa shape index (κ2) is 8.79. The zero-order chi connectivity index (χ0) is 22.1. The highest BCUT2D eigenvalue weighted by Gasteiger charge is 2.29. The van der Waals surface area contributed by atoms with E-state index in [-0.39, 0.29) is 12.0 Å². The third kappa shape index (κ3) is 4.15. The number of nitrogens with zero attached hydrogens (tertiary/aromatic N) is 3. The summed E-state index contributed by atoms with van der Waals surface area (Å²) >= 11 is 0. The zero-order valence-corrected chi connectivity index (χ0v) is 18.7. The van der Waals surface area contributed by atoms with Crippen LogP contribution < -0.4 is 4.74 Å². The van der Waals surface area contributed by atoms with Gasteiger partial charge in [-0.2, -0.15) is 5.10 Å². The van der Waals surface area contributed by atoms with E-state index in [0.717, 1.165) is 65.0 Å². The van der Waals surface area contributed by atoms with Crippen LogP contribution in [0.4, 0.5) is 0 Å². The molecular formula is C26H29N3O3. The maximum Gasteiger partial charge on any atom is 0.258 e. The number of amides is 1. The van der Waals surface area contributed by atoms with Crippen LogP contribution in [0.15, 0.2) is 48.8 Å². The third-order valence-corrected chi connectivity index (χ3v) is 6.40. The third-order valence-electron chi connectivity index (χ3n) is 6.40.